The third-order valence-corrected chi connectivity index (χ3v) is 6.69. The van der Waals surface area contributed by atoms with Gasteiger partial charge in [0.15, 0.2) is 6.61 Å². The minimum absolute atomic E-state index is 0.0719. The summed E-state index contributed by atoms with van der Waals surface area (Å²) in [6, 6.07) is 13.7. The highest BCUT2D eigenvalue weighted by Crippen LogP contribution is 2.41. The maximum Gasteiger partial charge on any atom is 0.355 e. The largest absolute Gasteiger partial charge is 0.484 e. The Morgan fingerprint density at radius 1 is 1.20 bits per heavy atom. The first-order chi connectivity index (χ1) is 16.9. The maximum atomic E-state index is 12.9. The molecule has 2 aromatic carbocycles. The molecule has 10 nitrogen and oxygen atoms in total. The number of nitrogens with one attached hydrogen (secondary N) is 1. The van der Waals surface area contributed by atoms with Crippen LogP contribution in [-0.2, 0) is 25.7 Å². The van der Waals surface area contributed by atoms with Gasteiger partial charge in [0, 0.05) is 17.9 Å². The van der Waals surface area contributed by atoms with E-state index in [1.165, 1.54) is 47.0 Å². The van der Waals surface area contributed by atoms with Crippen molar-refractivity contribution >= 4 is 35.2 Å². The van der Waals surface area contributed by atoms with Gasteiger partial charge in [-0.3, -0.25) is 24.6 Å². The van der Waals surface area contributed by atoms with Crippen LogP contribution in [0.3, 0.4) is 0 Å². The number of fused-ring (bicyclic) bond motifs is 1. The van der Waals surface area contributed by atoms with Crippen molar-refractivity contribution in [3.8, 4) is 5.75 Å². The van der Waals surface area contributed by atoms with Crippen LogP contribution < -0.4 is 10.1 Å². The molecule has 4 rings (SSSR count). The highest BCUT2D eigenvalue weighted by Gasteiger charge is 2.54. The van der Waals surface area contributed by atoms with Crippen molar-refractivity contribution < 1.29 is 28.8 Å². The fraction of sp³-hybridized carbons (Fsp3) is 0.208. The fourth-order valence-electron chi connectivity index (χ4n) is 3.60. The molecule has 0 aliphatic carbocycles. The van der Waals surface area contributed by atoms with E-state index in [2.05, 4.69) is 11.9 Å². The molecule has 1 N–H and O–H groups in total. The number of nitro benzene ring substituents is 1. The molecule has 2 aliphatic heterocycles. The van der Waals surface area contributed by atoms with Gasteiger partial charge in [-0.2, -0.15) is 0 Å². The number of para-hydroxylation sites is 1. The average Bonchev–Trinajstić information content (AvgIpc) is 2.88. The monoisotopic (exact) mass is 495 g/mol. The Labute approximate surface area is 204 Å². The zero-order valence-corrected chi connectivity index (χ0v) is 19.2. The van der Waals surface area contributed by atoms with Gasteiger partial charge >= 0.3 is 5.97 Å². The molecule has 0 radical (unpaired) electrons. The number of ether oxygens (including phenoxy) is 2. The number of β-lactam (4-membered cyclic amide) rings is 1. The van der Waals surface area contributed by atoms with E-state index in [0.29, 0.717) is 22.6 Å². The van der Waals surface area contributed by atoms with Crippen LogP contribution in [0.25, 0.3) is 0 Å². The van der Waals surface area contributed by atoms with Gasteiger partial charge < -0.3 is 14.8 Å². The number of hydrogen-bond donors (Lipinski definition) is 1. The van der Waals surface area contributed by atoms with Crippen molar-refractivity contribution in [1.29, 1.82) is 0 Å². The van der Waals surface area contributed by atoms with E-state index in [0.717, 1.165) is 0 Å². The first kappa shape index (κ1) is 24.0. The van der Waals surface area contributed by atoms with Gasteiger partial charge in [-0.15, -0.1) is 11.8 Å². The number of nitro groups is 1. The van der Waals surface area contributed by atoms with Crippen LogP contribution in [0.1, 0.15) is 5.56 Å². The van der Waals surface area contributed by atoms with Gasteiger partial charge in [0.1, 0.15) is 29.5 Å². The predicted octanol–water partition coefficient (Wildman–Crippen LogP) is 2.56. The smallest absolute Gasteiger partial charge is 0.355 e. The summed E-state index contributed by atoms with van der Waals surface area (Å²) in [7, 11) is 0. The fourth-order valence-corrected chi connectivity index (χ4v) is 4.94. The van der Waals surface area contributed by atoms with Crippen LogP contribution in [0, 0.1) is 10.1 Å². The van der Waals surface area contributed by atoms with E-state index in [4.69, 9.17) is 9.47 Å². The molecule has 2 aliphatic rings. The molecule has 1 unspecified atom stereocenters. The number of amides is 2. The lowest BCUT2D eigenvalue weighted by Crippen LogP contribution is -2.70. The molecule has 2 atom stereocenters. The van der Waals surface area contributed by atoms with Crippen LogP contribution in [-0.4, -0.2) is 51.4 Å². The average molecular weight is 496 g/mol. The number of benzene rings is 2. The lowest BCUT2D eigenvalue weighted by molar-refractivity contribution is -0.384. The topological polar surface area (TPSA) is 128 Å². The molecular weight excluding hydrogens is 474 g/mol. The SMILES string of the molecule is C=CC1=C(C(=O)OCc2ccc([N+](=O)[O-])cc2)N2C(=O)C(NC(=O)COc3ccccc3)[C@H]2SC1. The van der Waals surface area contributed by atoms with E-state index in [1.54, 1.807) is 24.3 Å². The first-order valence-electron chi connectivity index (χ1n) is 10.6. The Hall–Kier alpha value is -4.12. The second-order valence-corrected chi connectivity index (χ2v) is 8.74. The first-order valence-corrected chi connectivity index (χ1v) is 11.6. The zero-order valence-electron chi connectivity index (χ0n) is 18.4. The molecule has 0 saturated carbocycles. The third-order valence-electron chi connectivity index (χ3n) is 5.38. The second kappa shape index (κ2) is 10.4. The number of nitrogens with zero attached hydrogens (tertiary/aromatic N) is 2. The molecule has 2 amide bonds. The Morgan fingerprint density at radius 2 is 1.91 bits per heavy atom. The van der Waals surface area contributed by atoms with Gasteiger partial charge in [-0.25, -0.2) is 4.79 Å². The van der Waals surface area contributed by atoms with Gasteiger partial charge in [-0.1, -0.05) is 30.9 Å². The highest BCUT2D eigenvalue weighted by molar-refractivity contribution is 8.00. The molecule has 2 aromatic rings. The van der Waals surface area contributed by atoms with Crippen LogP contribution in [0.5, 0.6) is 5.75 Å². The molecule has 0 bridgehead atoms. The van der Waals surface area contributed by atoms with Crippen LogP contribution in [0.4, 0.5) is 5.69 Å². The summed E-state index contributed by atoms with van der Waals surface area (Å²) in [5.41, 5.74) is 1.12. The Morgan fingerprint density at radius 3 is 2.57 bits per heavy atom. The van der Waals surface area contributed by atoms with Crippen LogP contribution in [0.2, 0.25) is 0 Å². The van der Waals surface area contributed by atoms with Crippen molar-refractivity contribution in [3.05, 3.63) is 94.2 Å². The molecule has 0 aromatic heterocycles. The standard InChI is InChI=1S/C24H21N3O7S/c1-2-16-14-35-23-20(25-19(28)13-33-18-6-4-3-5-7-18)22(29)26(23)21(16)24(30)34-12-15-8-10-17(11-9-15)27(31)32/h2-11,20,23H,1,12-14H2,(H,25,28)/t20?,23-/m1/s1. The second-order valence-electron chi connectivity index (χ2n) is 7.63. The number of rotatable bonds is 9. The number of carbonyl (C=O) groups is 3. The summed E-state index contributed by atoms with van der Waals surface area (Å²) in [5.74, 6) is -0.653. The van der Waals surface area contributed by atoms with Crippen molar-refractivity contribution in [2.45, 2.75) is 18.0 Å². The maximum absolute atomic E-state index is 12.9. The number of carbonyl (C=O) groups excluding carboxylic acids is 3. The summed E-state index contributed by atoms with van der Waals surface area (Å²) in [5, 5.41) is 13.0. The normalized spacial score (nSPS) is 18.7. The van der Waals surface area contributed by atoms with Gasteiger partial charge in [0.2, 0.25) is 0 Å². The molecule has 180 valence electrons. The number of esters is 1. The molecule has 1 saturated heterocycles. The Kier molecular flexibility index (Phi) is 7.16. The summed E-state index contributed by atoms with van der Waals surface area (Å²) in [4.78, 5) is 49.7. The van der Waals surface area contributed by atoms with Crippen LogP contribution in [0.15, 0.2) is 78.5 Å². The number of allylic oxidation sites excluding steroid dienone is 1. The lowest BCUT2D eigenvalue weighted by Gasteiger charge is -2.49. The van der Waals surface area contributed by atoms with Crippen LogP contribution >= 0.6 is 11.8 Å². The molecule has 1 fully saturated rings. The van der Waals surface area contributed by atoms with E-state index in [1.807, 2.05) is 6.07 Å². The molecule has 0 spiro atoms. The number of hydrogen-bond acceptors (Lipinski definition) is 8. The molecular formula is C24H21N3O7S. The third kappa shape index (κ3) is 5.19. The van der Waals surface area contributed by atoms with E-state index >= 15 is 0 Å². The van der Waals surface area contributed by atoms with Gasteiger partial charge in [-0.05, 0) is 35.4 Å². The van der Waals surface area contributed by atoms with Crippen molar-refractivity contribution in [2.24, 2.45) is 0 Å². The molecule has 2 heterocycles. The minimum atomic E-state index is -0.796. The summed E-state index contributed by atoms with van der Waals surface area (Å²) in [6.45, 7) is 3.35. The van der Waals surface area contributed by atoms with Crippen molar-refractivity contribution in [2.75, 3.05) is 12.4 Å². The van der Waals surface area contributed by atoms with Crippen molar-refractivity contribution in [1.82, 2.24) is 10.2 Å². The van der Waals surface area contributed by atoms with E-state index in [-0.39, 0.29) is 24.6 Å². The van der Waals surface area contributed by atoms with Gasteiger partial charge in [0.05, 0.1) is 4.92 Å². The molecule has 11 heteroatoms. The number of thioether (sulfide) groups is 1. The Bertz CT molecular complexity index is 1200. The minimum Gasteiger partial charge on any atom is -0.484 e. The van der Waals surface area contributed by atoms with Gasteiger partial charge in [0.25, 0.3) is 17.5 Å². The summed E-state index contributed by atoms with van der Waals surface area (Å²) < 4.78 is 10.8. The number of non-ortho nitro benzene ring substituents is 1. The van der Waals surface area contributed by atoms with Crippen molar-refractivity contribution in [3.63, 3.8) is 0 Å². The molecule has 35 heavy (non-hydrogen) atoms. The highest BCUT2D eigenvalue weighted by atomic mass is 32.2. The van der Waals surface area contributed by atoms with E-state index < -0.39 is 34.1 Å². The summed E-state index contributed by atoms with van der Waals surface area (Å²) in [6.07, 6.45) is 1.50. The van der Waals surface area contributed by atoms with E-state index in [9.17, 15) is 24.5 Å². The summed E-state index contributed by atoms with van der Waals surface area (Å²) >= 11 is 1.40. The zero-order chi connectivity index (χ0) is 24.9. The quantitative estimate of drug-likeness (QED) is 0.243. The Balaban J connectivity index is 1.37. The lowest BCUT2D eigenvalue weighted by atomic mass is 10.0. The predicted molar refractivity (Wildman–Crippen MR) is 127 cm³/mol.